The van der Waals surface area contributed by atoms with Crippen molar-refractivity contribution in [2.45, 2.75) is 13.5 Å². The first-order chi connectivity index (χ1) is 12.8. The molecule has 0 spiro atoms. The van der Waals surface area contributed by atoms with Crippen LogP contribution in [0.15, 0.2) is 72.8 Å². The number of nitrogens with zero attached hydrogens (tertiary/aromatic N) is 3. The fourth-order valence-electron chi connectivity index (χ4n) is 3.00. The molecule has 5 nitrogen and oxygen atoms in total. The number of nitrogens with one attached hydrogen (secondary N) is 1. The summed E-state index contributed by atoms with van der Waals surface area (Å²) in [5.41, 5.74) is 5.03. The van der Waals surface area contributed by atoms with Gasteiger partial charge in [0.15, 0.2) is 0 Å². The summed E-state index contributed by atoms with van der Waals surface area (Å²) in [5.74, 6) is -0.165. The summed E-state index contributed by atoms with van der Waals surface area (Å²) in [4.78, 5) is 12.8. The number of carbonyl (C=O) groups is 1. The highest BCUT2D eigenvalue weighted by atomic mass is 16.1. The predicted octanol–water partition coefficient (Wildman–Crippen LogP) is 4.37. The number of benzene rings is 3. The molecule has 1 aromatic heterocycles. The molecule has 128 valence electrons. The molecule has 0 aliphatic heterocycles. The third kappa shape index (κ3) is 2.95. The Balaban J connectivity index is 1.65. The van der Waals surface area contributed by atoms with E-state index < -0.39 is 0 Å². The number of hydrogen-bond acceptors (Lipinski definition) is 3. The minimum atomic E-state index is -0.165. The second-order valence-corrected chi connectivity index (χ2v) is 5.97. The Kier molecular flexibility index (Phi) is 4.19. The normalized spacial score (nSPS) is 10.8. The van der Waals surface area contributed by atoms with Crippen LogP contribution in [0.25, 0.3) is 22.2 Å². The molecule has 0 bridgehead atoms. The first-order valence-electron chi connectivity index (χ1n) is 8.55. The lowest BCUT2D eigenvalue weighted by atomic mass is 10.0. The fraction of sp³-hybridized carbons (Fsp3) is 0.0952. The number of rotatable bonds is 4. The van der Waals surface area contributed by atoms with Crippen LogP contribution in [0.4, 0.5) is 5.69 Å². The lowest BCUT2D eigenvalue weighted by Crippen LogP contribution is -2.12. The van der Waals surface area contributed by atoms with E-state index in [9.17, 15) is 4.79 Å². The zero-order chi connectivity index (χ0) is 17.9. The summed E-state index contributed by atoms with van der Waals surface area (Å²) >= 11 is 0. The van der Waals surface area contributed by atoms with E-state index >= 15 is 0 Å². The van der Waals surface area contributed by atoms with Crippen molar-refractivity contribution in [3.05, 3.63) is 78.4 Å². The fourth-order valence-corrected chi connectivity index (χ4v) is 3.00. The van der Waals surface area contributed by atoms with Crippen molar-refractivity contribution in [1.82, 2.24) is 15.0 Å². The van der Waals surface area contributed by atoms with E-state index in [1.807, 2.05) is 72.3 Å². The second kappa shape index (κ2) is 6.80. The van der Waals surface area contributed by atoms with Gasteiger partial charge in [0.1, 0.15) is 5.52 Å². The molecule has 1 N–H and O–H groups in total. The van der Waals surface area contributed by atoms with Gasteiger partial charge in [-0.05, 0) is 36.8 Å². The Bertz CT molecular complexity index is 1070. The molecular formula is C21H18N4O. The maximum atomic E-state index is 12.8. The van der Waals surface area contributed by atoms with Crippen LogP contribution in [0, 0.1) is 0 Å². The molecule has 0 unspecified atom stereocenters. The van der Waals surface area contributed by atoms with E-state index in [0.717, 1.165) is 34.4 Å². The van der Waals surface area contributed by atoms with Crippen molar-refractivity contribution in [3.63, 3.8) is 0 Å². The molecule has 3 aromatic carbocycles. The number of hydrogen-bond donors (Lipinski definition) is 1. The van der Waals surface area contributed by atoms with E-state index in [2.05, 4.69) is 15.6 Å². The molecule has 5 heteroatoms. The number of aromatic nitrogens is 3. The maximum Gasteiger partial charge on any atom is 0.255 e. The molecule has 0 aliphatic rings. The van der Waals surface area contributed by atoms with Gasteiger partial charge in [-0.3, -0.25) is 4.79 Å². The molecule has 1 heterocycles. The monoisotopic (exact) mass is 342 g/mol. The van der Waals surface area contributed by atoms with Crippen LogP contribution in [0.2, 0.25) is 0 Å². The van der Waals surface area contributed by atoms with E-state index in [0.29, 0.717) is 5.56 Å². The second-order valence-electron chi connectivity index (χ2n) is 5.97. The van der Waals surface area contributed by atoms with Crippen molar-refractivity contribution >= 4 is 22.6 Å². The topological polar surface area (TPSA) is 59.8 Å². The van der Waals surface area contributed by atoms with Crippen LogP contribution < -0.4 is 5.32 Å². The van der Waals surface area contributed by atoms with Gasteiger partial charge in [0.2, 0.25) is 0 Å². The van der Waals surface area contributed by atoms with E-state index in [-0.39, 0.29) is 5.91 Å². The predicted molar refractivity (Wildman–Crippen MR) is 103 cm³/mol. The molecule has 1 amide bonds. The molecule has 0 saturated carbocycles. The van der Waals surface area contributed by atoms with E-state index in [1.165, 1.54) is 0 Å². The summed E-state index contributed by atoms with van der Waals surface area (Å²) in [6.45, 7) is 2.75. The highest BCUT2D eigenvalue weighted by Crippen LogP contribution is 2.28. The third-order valence-corrected chi connectivity index (χ3v) is 4.34. The Morgan fingerprint density at radius 3 is 2.58 bits per heavy atom. The highest BCUT2D eigenvalue weighted by Gasteiger charge is 2.12. The summed E-state index contributed by atoms with van der Waals surface area (Å²) in [5, 5.41) is 11.2. The van der Waals surface area contributed by atoms with Crippen LogP contribution in [-0.2, 0) is 6.54 Å². The Morgan fingerprint density at radius 2 is 1.77 bits per heavy atom. The van der Waals surface area contributed by atoms with Gasteiger partial charge < -0.3 is 5.32 Å². The van der Waals surface area contributed by atoms with Gasteiger partial charge in [-0.15, -0.1) is 5.10 Å². The Morgan fingerprint density at radius 1 is 1.00 bits per heavy atom. The van der Waals surface area contributed by atoms with Gasteiger partial charge in [-0.2, -0.15) is 0 Å². The van der Waals surface area contributed by atoms with Crippen LogP contribution in [0.1, 0.15) is 17.3 Å². The van der Waals surface area contributed by atoms with E-state index in [1.54, 1.807) is 12.1 Å². The first kappa shape index (κ1) is 16.0. The van der Waals surface area contributed by atoms with Crippen molar-refractivity contribution in [1.29, 1.82) is 0 Å². The van der Waals surface area contributed by atoms with Gasteiger partial charge in [0.05, 0.1) is 5.52 Å². The minimum absolute atomic E-state index is 0.165. The third-order valence-electron chi connectivity index (χ3n) is 4.34. The lowest BCUT2D eigenvalue weighted by molar-refractivity contribution is 0.102. The summed E-state index contributed by atoms with van der Waals surface area (Å²) in [6.07, 6.45) is 0. The molecule has 4 rings (SSSR count). The van der Waals surface area contributed by atoms with Crippen LogP contribution >= 0.6 is 0 Å². The Labute approximate surface area is 151 Å². The zero-order valence-electron chi connectivity index (χ0n) is 14.4. The van der Waals surface area contributed by atoms with Gasteiger partial charge in [-0.25, -0.2) is 4.68 Å². The van der Waals surface area contributed by atoms with Crippen molar-refractivity contribution in [2.75, 3.05) is 5.32 Å². The number of amides is 1. The average molecular weight is 342 g/mol. The van der Waals surface area contributed by atoms with Crippen molar-refractivity contribution < 1.29 is 4.79 Å². The number of anilines is 1. The smallest absolute Gasteiger partial charge is 0.255 e. The number of carbonyl (C=O) groups excluding carboxylic acids is 1. The summed E-state index contributed by atoms with van der Waals surface area (Å²) in [7, 11) is 0. The summed E-state index contributed by atoms with van der Waals surface area (Å²) < 4.78 is 1.81. The largest absolute Gasteiger partial charge is 0.321 e. The van der Waals surface area contributed by atoms with E-state index in [4.69, 9.17) is 0 Å². The zero-order valence-corrected chi connectivity index (χ0v) is 14.4. The van der Waals surface area contributed by atoms with Crippen molar-refractivity contribution in [2.24, 2.45) is 0 Å². The molecule has 4 aromatic rings. The SMILES string of the molecule is CCn1nnc2cc(C(=O)Nc3ccccc3-c3ccccc3)ccc21. The quantitative estimate of drug-likeness (QED) is 0.599. The molecule has 0 saturated heterocycles. The summed E-state index contributed by atoms with van der Waals surface area (Å²) in [6, 6.07) is 23.3. The molecule has 0 fully saturated rings. The maximum absolute atomic E-state index is 12.8. The van der Waals surface area contributed by atoms with Crippen molar-refractivity contribution in [3.8, 4) is 11.1 Å². The van der Waals surface area contributed by atoms with Gasteiger partial charge in [-0.1, -0.05) is 53.7 Å². The average Bonchev–Trinajstić information content (AvgIpc) is 3.11. The molecule has 26 heavy (non-hydrogen) atoms. The molecule has 0 radical (unpaired) electrons. The van der Waals surface area contributed by atoms with Crippen LogP contribution in [0.3, 0.4) is 0 Å². The Hall–Kier alpha value is -3.47. The molecular weight excluding hydrogens is 324 g/mol. The molecule has 0 atom stereocenters. The highest BCUT2D eigenvalue weighted by molar-refractivity contribution is 6.07. The molecule has 0 aliphatic carbocycles. The number of para-hydroxylation sites is 1. The number of fused-ring (bicyclic) bond motifs is 1. The van der Waals surface area contributed by atoms with Gasteiger partial charge in [0, 0.05) is 23.4 Å². The van der Waals surface area contributed by atoms with Gasteiger partial charge in [0.25, 0.3) is 5.91 Å². The van der Waals surface area contributed by atoms with Gasteiger partial charge >= 0.3 is 0 Å². The standard InChI is InChI=1S/C21H18N4O/c1-2-25-20-13-12-16(14-19(20)23-24-25)21(26)22-18-11-7-6-10-17(18)15-8-4-3-5-9-15/h3-14H,2H2,1H3,(H,22,26). The lowest BCUT2D eigenvalue weighted by Gasteiger charge is -2.11. The van der Waals surface area contributed by atoms with Crippen LogP contribution in [-0.4, -0.2) is 20.9 Å². The van der Waals surface area contributed by atoms with Crippen LogP contribution in [0.5, 0.6) is 0 Å². The minimum Gasteiger partial charge on any atom is -0.321 e. The number of aryl methyl sites for hydroxylation is 1. The first-order valence-corrected chi connectivity index (χ1v) is 8.55.